The van der Waals surface area contributed by atoms with Crippen LogP contribution in [0, 0.1) is 13.8 Å². The van der Waals surface area contributed by atoms with E-state index in [4.69, 9.17) is 0 Å². The Hall–Kier alpha value is -2.70. The first-order chi connectivity index (χ1) is 12.0. The first-order valence-corrected chi connectivity index (χ1v) is 8.70. The van der Waals surface area contributed by atoms with Crippen LogP contribution in [-0.2, 0) is 13.5 Å². The van der Waals surface area contributed by atoms with Gasteiger partial charge in [0.1, 0.15) is 0 Å². The quantitative estimate of drug-likeness (QED) is 0.681. The lowest BCUT2D eigenvalue weighted by molar-refractivity contribution is 0.0642. The number of fused-ring (bicyclic) bond motifs is 6. The summed E-state index contributed by atoms with van der Waals surface area (Å²) in [6.07, 6.45) is 6.46. The van der Waals surface area contributed by atoms with Crippen LogP contribution in [0.3, 0.4) is 0 Å². The van der Waals surface area contributed by atoms with E-state index in [2.05, 4.69) is 20.1 Å². The summed E-state index contributed by atoms with van der Waals surface area (Å²) in [6.45, 7) is 3.93. The first kappa shape index (κ1) is 14.6. The predicted molar refractivity (Wildman–Crippen MR) is 91.3 cm³/mol. The molecular weight excluding hydrogens is 316 g/mol. The highest BCUT2D eigenvalue weighted by Gasteiger charge is 2.44. The van der Waals surface area contributed by atoms with Crippen molar-refractivity contribution in [2.24, 2.45) is 7.05 Å². The fraction of sp³-hybridized carbons (Fsp3) is 0.444. The van der Waals surface area contributed by atoms with Gasteiger partial charge in [0.2, 0.25) is 0 Å². The van der Waals surface area contributed by atoms with Gasteiger partial charge in [0.15, 0.2) is 5.65 Å². The van der Waals surface area contributed by atoms with E-state index >= 15 is 0 Å². The van der Waals surface area contributed by atoms with E-state index in [-0.39, 0.29) is 18.0 Å². The van der Waals surface area contributed by atoms with Crippen LogP contribution in [0.15, 0.2) is 18.5 Å². The summed E-state index contributed by atoms with van der Waals surface area (Å²) >= 11 is 0. The largest absolute Gasteiger partial charge is 0.328 e. The summed E-state index contributed by atoms with van der Waals surface area (Å²) in [6, 6.07) is 2.31. The standard InChI is InChI=1S/C18H20N6O/c1-10-6-17-19-8-14-15-5-4-12(7-16(14)24(17)21-10)23(15)18(25)13-9-20-22(3)11(13)2/h6,8-9,12,15H,4-5,7H2,1-3H3/t12-,15-/m1/s1. The fourth-order valence-electron chi connectivity index (χ4n) is 4.36. The highest BCUT2D eigenvalue weighted by Crippen LogP contribution is 2.44. The van der Waals surface area contributed by atoms with Crippen molar-refractivity contribution in [1.82, 2.24) is 29.3 Å². The molecule has 0 aromatic carbocycles. The van der Waals surface area contributed by atoms with Crippen LogP contribution in [-0.4, -0.2) is 41.2 Å². The number of carbonyl (C=O) groups excluding carboxylic acids is 1. The van der Waals surface area contributed by atoms with E-state index < -0.39 is 0 Å². The molecule has 2 bridgehead atoms. The second kappa shape index (κ2) is 4.91. The molecule has 0 aliphatic carbocycles. The van der Waals surface area contributed by atoms with Crippen molar-refractivity contribution < 1.29 is 4.79 Å². The summed E-state index contributed by atoms with van der Waals surface area (Å²) in [7, 11) is 1.87. The second-order valence-electron chi connectivity index (χ2n) is 7.15. The lowest BCUT2D eigenvalue weighted by Crippen LogP contribution is -2.42. The number of aromatic nitrogens is 5. The van der Waals surface area contributed by atoms with Crippen LogP contribution in [0.4, 0.5) is 0 Å². The molecule has 2 aliphatic heterocycles. The third-order valence-electron chi connectivity index (χ3n) is 5.73. The molecule has 1 fully saturated rings. The Balaban J connectivity index is 1.61. The number of carbonyl (C=O) groups is 1. The molecule has 128 valence electrons. The number of aryl methyl sites for hydroxylation is 2. The van der Waals surface area contributed by atoms with Gasteiger partial charge in [-0.2, -0.15) is 10.2 Å². The molecular formula is C18H20N6O. The molecule has 25 heavy (non-hydrogen) atoms. The van der Waals surface area contributed by atoms with Gasteiger partial charge in [0, 0.05) is 43.0 Å². The fourth-order valence-corrected chi connectivity index (χ4v) is 4.36. The van der Waals surface area contributed by atoms with Gasteiger partial charge < -0.3 is 4.90 Å². The van der Waals surface area contributed by atoms with Crippen molar-refractivity contribution >= 4 is 11.6 Å². The second-order valence-corrected chi connectivity index (χ2v) is 7.15. The Morgan fingerprint density at radius 1 is 1.24 bits per heavy atom. The van der Waals surface area contributed by atoms with Gasteiger partial charge in [-0.15, -0.1) is 0 Å². The Labute approximate surface area is 145 Å². The Morgan fingerprint density at radius 3 is 2.84 bits per heavy atom. The van der Waals surface area contributed by atoms with Crippen molar-refractivity contribution in [2.75, 3.05) is 0 Å². The molecule has 1 saturated heterocycles. The van der Waals surface area contributed by atoms with Gasteiger partial charge in [-0.05, 0) is 26.7 Å². The molecule has 5 heterocycles. The number of hydrogen-bond donors (Lipinski definition) is 0. The molecule has 7 nitrogen and oxygen atoms in total. The smallest absolute Gasteiger partial charge is 0.258 e. The van der Waals surface area contributed by atoms with Gasteiger partial charge in [-0.25, -0.2) is 9.50 Å². The molecule has 1 amide bonds. The van der Waals surface area contributed by atoms with E-state index in [1.807, 2.05) is 37.7 Å². The van der Waals surface area contributed by atoms with Crippen LogP contribution in [0.2, 0.25) is 0 Å². The summed E-state index contributed by atoms with van der Waals surface area (Å²) in [5, 5.41) is 8.84. The van der Waals surface area contributed by atoms with E-state index in [0.29, 0.717) is 5.56 Å². The Morgan fingerprint density at radius 2 is 2.08 bits per heavy atom. The number of amides is 1. The van der Waals surface area contributed by atoms with Gasteiger partial charge >= 0.3 is 0 Å². The Kier molecular flexibility index (Phi) is 2.87. The average Bonchev–Trinajstić information content (AvgIpc) is 3.23. The van der Waals surface area contributed by atoms with E-state index in [0.717, 1.165) is 41.9 Å². The topological polar surface area (TPSA) is 68.3 Å². The highest BCUT2D eigenvalue weighted by molar-refractivity contribution is 5.96. The minimum Gasteiger partial charge on any atom is -0.328 e. The van der Waals surface area contributed by atoms with Crippen molar-refractivity contribution in [1.29, 1.82) is 0 Å². The minimum atomic E-state index is 0.0838. The van der Waals surface area contributed by atoms with Crippen LogP contribution in [0.1, 0.15) is 51.9 Å². The zero-order valence-electron chi connectivity index (χ0n) is 14.6. The monoisotopic (exact) mass is 336 g/mol. The SMILES string of the molecule is Cc1cc2ncc3c(n2n1)C[C@H]1CC[C@H]3N1C(=O)c1cnn(C)c1C. The zero-order chi connectivity index (χ0) is 17.3. The number of rotatable bonds is 1. The molecule has 3 aromatic rings. The molecule has 5 rings (SSSR count). The number of hydrogen-bond acceptors (Lipinski definition) is 4. The molecule has 0 unspecified atom stereocenters. The third kappa shape index (κ3) is 1.92. The summed E-state index contributed by atoms with van der Waals surface area (Å²) < 4.78 is 3.72. The normalized spacial score (nSPS) is 21.8. The molecule has 2 atom stereocenters. The van der Waals surface area contributed by atoms with E-state index in [9.17, 15) is 4.79 Å². The lowest BCUT2D eigenvalue weighted by atomic mass is 9.98. The summed E-state index contributed by atoms with van der Waals surface area (Å²) in [5.41, 5.74) is 5.81. The van der Waals surface area contributed by atoms with Crippen LogP contribution in [0.5, 0.6) is 0 Å². The van der Waals surface area contributed by atoms with Crippen molar-refractivity contribution in [3.05, 3.63) is 46.7 Å². The first-order valence-electron chi connectivity index (χ1n) is 8.70. The maximum absolute atomic E-state index is 13.2. The average molecular weight is 336 g/mol. The third-order valence-corrected chi connectivity index (χ3v) is 5.73. The minimum absolute atomic E-state index is 0.0838. The molecule has 0 spiro atoms. The van der Waals surface area contributed by atoms with Gasteiger partial charge in [-0.3, -0.25) is 9.48 Å². The molecule has 0 saturated carbocycles. The van der Waals surface area contributed by atoms with Crippen LogP contribution < -0.4 is 0 Å². The molecule has 0 N–H and O–H groups in total. The molecule has 3 aromatic heterocycles. The molecule has 7 heteroatoms. The number of nitrogens with zero attached hydrogens (tertiary/aromatic N) is 6. The predicted octanol–water partition coefficient (Wildman–Crippen LogP) is 1.98. The van der Waals surface area contributed by atoms with Crippen molar-refractivity contribution in [3.8, 4) is 0 Å². The summed E-state index contributed by atoms with van der Waals surface area (Å²) in [4.78, 5) is 19.8. The summed E-state index contributed by atoms with van der Waals surface area (Å²) in [5.74, 6) is 0.0838. The highest BCUT2D eigenvalue weighted by atomic mass is 16.2. The van der Waals surface area contributed by atoms with E-state index in [1.165, 1.54) is 5.69 Å². The maximum Gasteiger partial charge on any atom is 0.258 e. The molecule has 0 radical (unpaired) electrons. The lowest BCUT2D eigenvalue weighted by Gasteiger charge is -2.36. The van der Waals surface area contributed by atoms with Gasteiger partial charge in [-0.1, -0.05) is 0 Å². The van der Waals surface area contributed by atoms with Gasteiger partial charge in [0.25, 0.3) is 5.91 Å². The molecule has 2 aliphatic rings. The van der Waals surface area contributed by atoms with Crippen LogP contribution >= 0.6 is 0 Å². The Bertz CT molecular complexity index is 1020. The zero-order valence-corrected chi connectivity index (χ0v) is 14.6. The maximum atomic E-state index is 13.2. The van der Waals surface area contributed by atoms with E-state index in [1.54, 1.807) is 10.9 Å². The van der Waals surface area contributed by atoms with Crippen LogP contribution in [0.25, 0.3) is 5.65 Å². The van der Waals surface area contributed by atoms with Crippen molar-refractivity contribution in [3.63, 3.8) is 0 Å². The van der Waals surface area contributed by atoms with Gasteiger partial charge in [0.05, 0.1) is 29.2 Å². The van der Waals surface area contributed by atoms with Crippen molar-refractivity contribution in [2.45, 2.75) is 45.2 Å².